The fourth-order valence-corrected chi connectivity index (χ4v) is 3.31. The van der Waals surface area contributed by atoms with Crippen LogP contribution in [0.15, 0.2) is 54.7 Å². The normalized spacial score (nSPS) is 11.1. The predicted octanol–water partition coefficient (Wildman–Crippen LogP) is 4.13. The number of nitrogens with zero attached hydrogens (tertiary/aromatic N) is 1. The third kappa shape index (κ3) is 2.25. The molecule has 0 fully saturated rings. The van der Waals surface area contributed by atoms with E-state index in [0.717, 1.165) is 26.1 Å². The van der Waals surface area contributed by atoms with Gasteiger partial charge in [0, 0.05) is 17.1 Å². The molecule has 0 radical (unpaired) electrons. The van der Waals surface area contributed by atoms with Crippen molar-refractivity contribution in [3.05, 3.63) is 65.3 Å². The smallest absolute Gasteiger partial charge is 0.340 e. The summed E-state index contributed by atoms with van der Waals surface area (Å²) in [6.45, 7) is 0.192. The number of H-pyrrole nitrogens is 1. The minimum Gasteiger partial charge on any atom is -0.455 e. The fourth-order valence-electron chi connectivity index (χ4n) is 2.43. The number of carbonyl (C=O) groups is 1. The average Bonchev–Trinajstić information content (AvgIpc) is 3.16. The van der Waals surface area contributed by atoms with Gasteiger partial charge in [0.2, 0.25) is 0 Å². The fraction of sp³-hybridized carbons (Fsp3) is 0.0588. The van der Waals surface area contributed by atoms with Crippen molar-refractivity contribution in [2.45, 2.75) is 6.61 Å². The van der Waals surface area contributed by atoms with E-state index in [9.17, 15) is 4.79 Å². The second kappa shape index (κ2) is 5.27. The Bertz CT molecular complexity index is 938. The SMILES string of the molecule is O=C(OCc1nc2ccccc2s1)c1c[nH]c2ccccc12. The van der Waals surface area contributed by atoms with Gasteiger partial charge in [-0.15, -0.1) is 11.3 Å². The molecule has 108 valence electrons. The molecule has 0 unspecified atom stereocenters. The number of carbonyl (C=O) groups excluding carboxylic acids is 1. The molecular weight excluding hydrogens is 296 g/mol. The molecule has 0 bridgehead atoms. The Hall–Kier alpha value is -2.66. The number of rotatable bonds is 3. The lowest BCUT2D eigenvalue weighted by Gasteiger charge is -2.01. The topological polar surface area (TPSA) is 55.0 Å². The highest BCUT2D eigenvalue weighted by molar-refractivity contribution is 7.18. The molecule has 0 aliphatic carbocycles. The number of hydrogen-bond donors (Lipinski definition) is 1. The van der Waals surface area contributed by atoms with Gasteiger partial charge in [0.05, 0.1) is 15.8 Å². The summed E-state index contributed by atoms with van der Waals surface area (Å²) in [6, 6.07) is 15.6. The van der Waals surface area contributed by atoms with Crippen molar-refractivity contribution in [3.8, 4) is 0 Å². The van der Waals surface area contributed by atoms with Gasteiger partial charge in [-0.05, 0) is 18.2 Å². The highest BCUT2D eigenvalue weighted by atomic mass is 32.1. The molecule has 0 atom stereocenters. The maximum absolute atomic E-state index is 12.2. The Balaban J connectivity index is 1.54. The molecule has 4 aromatic rings. The van der Waals surface area contributed by atoms with Crippen LogP contribution in [0, 0.1) is 0 Å². The van der Waals surface area contributed by atoms with Crippen LogP contribution in [0.2, 0.25) is 0 Å². The van der Waals surface area contributed by atoms with E-state index < -0.39 is 0 Å². The Morgan fingerprint density at radius 2 is 1.95 bits per heavy atom. The average molecular weight is 308 g/mol. The van der Waals surface area contributed by atoms with Gasteiger partial charge < -0.3 is 9.72 Å². The van der Waals surface area contributed by atoms with E-state index in [0.29, 0.717) is 5.56 Å². The number of aromatic nitrogens is 2. The van der Waals surface area contributed by atoms with E-state index in [1.54, 1.807) is 17.5 Å². The molecule has 4 nitrogen and oxygen atoms in total. The number of aromatic amines is 1. The molecule has 0 saturated carbocycles. The number of fused-ring (bicyclic) bond motifs is 2. The molecule has 0 aliphatic rings. The summed E-state index contributed by atoms with van der Waals surface area (Å²) < 4.78 is 6.50. The van der Waals surface area contributed by atoms with Crippen LogP contribution >= 0.6 is 11.3 Å². The van der Waals surface area contributed by atoms with Crippen molar-refractivity contribution < 1.29 is 9.53 Å². The van der Waals surface area contributed by atoms with Crippen molar-refractivity contribution in [2.75, 3.05) is 0 Å². The second-order valence-electron chi connectivity index (χ2n) is 4.90. The van der Waals surface area contributed by atoms with Gasteiger partial charge in [-0.2, -0.15) is 0 Å². The molecule has 1 N–H and O–H groups in total. The van der Waals surface area contributed by atoms with Crippen molar-refractivity contribution in [2.24, 2.45) is 0 Å². The lowest BCUT2D eigenvalue weighted by Crippen LogP contribution is -2.04. The van der Waals surface area contributed by atoms with Crippen molar-refractivity contribution in [3.63, 3.8) is 0 Å². The summed E-state index contributed by atoms with van der Waals surface area (Å²) in [7, 11) is 0. The molecule has 2 aromatic carbocycles. The molecule has 0 aliphatic heterocycles. The van der Waals surface area contributed by atoms with Gasteiger partial charge in [-0.1, -0.05) is 30.3 Å². The first-order chi connectivity index (χ1) is 10.8. The minimum atomic E-state index is -0.336. The summed E-state index contributed by atoms with van der Waals surface area (Å²) in [5.41, 5.74) is 2.41. The van der Waals surface area contributed by atoms with Crippen molar-refractivity contribution in [1.29, 1.82) is 0 Å². The maximum Gasteiger partial charge on any atom is 0.340 e. The highest BCUT2D eigenvalue weighted by Crippen LogP contribution is 2.23. The molecule has 2 heterocycles. The molecule has 22 heavy (non-hydrogen) atoms. The van der Waals surface area contributed by atoms with Crippen LogP contribution in [0.1, 0.15) is 15.4 Å². The molecule has 0 saturated heterocycles. The molecular formula is C17H12N2O2S. The standard InChI is InChI=1S/C17H12N2O2S/c20-17(12-9-18-13-6-2-1-5-11(12)13)21-10-16-19-14-7-3-4-8-15(14)22-16/h1-9,18H,10H2. The second-order valence-corrected chi connectivity index (χ2v) is 6.01. The van der Waals surface area contributed by atoms with Gasteiger partial charge in [0.15, 0.2) is 0 Å². The molecule has 5 heteroatoms. The Kier molecular flexibility index (Phi) is 3.12. The van der Waals surface area contributed by atoms with Gasteiger partial charge in [0.1, 0.15) is 11.6 Å². The lowest BCUT2D eigenvalue weighted by atomic mass is 10.2. The quantitative estimate of drug-likeness (QED) is 0.579. The van der Waals surface area contributed by atoms with Crippen LogP contribution in [-0.4, -0.2) is 15.9 Å². The number of benzene rings is 2. The summed E-state index contributed by atoms with van der Waals surface area (Å²) in [5, 5.41) is 1.67. The van der Waals surface area contributed by atoms with Crippen LogP contribution in [0.3, 0.4) is 0 Å². The van der Waals surface area contributed by atoms with Crippen LogP contribution in [0.25, 0.3) is 21.1 Å². The predicted molar refractivity (Wildman–Crippen MR) is 87.0 cm³/mol. The summed E-state index contributed by atoms with van der Waals surface area (Å²) in [4.78, 5) is 19.8. The molecule has 0 amide bonds. The van der Waals surface area contributed by atoms with Gasteiger partial charge in [0.25, 0.3) is 0 Å². The van der Waals surface area contributed by atoms with E-state index in [1.165, 1.54) is 0 Å². The summed E-state index contributed by atoms with van der Waals surface area (Å²) >= 11 is 1.54. The van der Waals surface area contributed by atoms with Crippen LogP contribution in [-0.2, 0) is 11.3 Å². The molecule has 4 rings (SSSR count). The number of thiazole rings is 1. The third-order valence-corrected chi connectivity index (χ3v) is 4.48. The van der Waals surface area contributed by atoms with E-state index in [-0.39, 0.29) is 12.6 Å². The minimum absolute atomic E-state index is 0.192. The zero-order chi connectivity index (χ0) is 14.9. The van der Waals surface area contributed by atoms with Crippen molar-refractivity contribution >= 4 is 38.4 Å². The highest BCUT2D eigenvalue weighted by Gasteiger charge is 2.14. The van der Waals surface area contributed by atoms with Gasteiger partial charge in [-0.25, -0.2) is 9.78 Å². The first-order valence-corrected chi connectivity index (χ1v) is 7.70. The van der Waals surface area contributed by atoms with Crippen LogP contribution < -0.4 is 0 Å². The number of ether oxygens (including phenoxy) is 1. The zero-order valence-corrected chi connectivity index (χ0v) is 12.4. The Morgan fingerprint density at radius 3 is 2.86 bits per heavy atom. The van der Waals surface area contributed by atoms with Crippen LogP contribution in [0.5, 0.6) is 0 Å². The first kappa shape index (κ1) is 13.0. The number of para-hydroxylation sites is 2. The summed E-state index contributed by atoms with van der Waals surface area (Å²) in [6.07, 6.45) is 1.69. The molecule has 0 spiro atoms. The third-order valence-electron chi connectivity index (χ3n) is 3.47. The maximum atomic E-state index is 12.2. The molecule has 2 aromatic heterocycles. The first-order valence-electron chi connectivity index (χ1n) is 6.89. The number of hydrogen-bond acceptors (Lipinski definition) is 4. The monoisotopic (exact) mass is 308 g/mol. The van der Waals surface area contributed by atoms with E-state index in [2.05, 4.69) is 9.97 Å². The van der Waals surface area contributed by atoms with Crippen LogP contribution in [0.4, 0.5) is 0 Å². The van der Waals surface area contributed by atoms with Crippen molar-refractivity contribution in [1.82, 2.24) is 9.97 Å². The van der Waals surface area contributed by atoms with E-state index >= 15 is 0 Å². The Morgan fingerprint density at radius 1 is 1.14 bits per heavy atom. The van der Waals surface area contributed by atoms with E-state index in [4.69, 9.17) is 4.74 Å². The van der Waals surface area contributed by atoms with Gasteiger partial charge in [-0.3, -0.25) is 0 Å². The number of nitrogens with one attached hydrogen (secondary N) is 1. The number of esters is 1. The van der Waals surface area contributed by atoms with Gasteiger partial charge >= 0.3 is 5.97 Å². The lowest BCUT2D eigenvalue weighted by molar-refractivity contribution is 0.0475. The largest absolute Gasteiger partial charge is 0.455 e. The zero-order valence-electron chi connectivity index (χ0n) is 11.6. The summed E-state index contributed by atoms with van der Waals surface area (Å²) in [5.74, 6) is -0.336. The van der Waals surface area contributed by atoms with E-state index in [1.807, 2.05) is 48.5 Å². The Labute approximate surface area is 130 Å².